The van der Waals surface area contributed by atoms with Crippen LogP contribution in [0.3, 0.4) is 0 Å². The van der Waals surface area contributed by atoms with Crippen molar-refractivity contribution in [1.29, 1.82) is 0 Å². The van der Waals surface area contributed by atoms with Crippen molar-refractivity contribution in [3.8, 4) is 11.4 Å². The molecule has 1 saturated heterocycles. The molecule has 1 aliphatic heterocycles. The Labute approximate surface area is 158 Å². The van der Waals surface area contributed by atoms with Gasteiger partial charge in [0.25, 0.3) is 5.91 Å². The Morgan fingerprint density at radius 2 is 2.04 bits per heavy atom. The molecule has 3 aromatic rings. The Bertz CT molecular complexity index is 900. The second-order valence-electron chi connectivity index (χ2n) is 6.92. The Morgan fingerprint density at radius 1 is 1.15 bits per heavy atom. The first-order valence-electron chi connectivity index (χ1n) is 9.32. The summed E-state index contributed by atoms with van der Waals surface area (Å²) in [5.41, 5.74) is 2.84. The Balaban J connectivity index is 1.36. The van der Waals surface area contributed by atoms with Gasteiger partial charge in [-0.1, -0.05) is 42.5 Å². The van der Waals surface area contributed by atoms with Crippen molar-refractivity contribution >= 4 is 5.91 Å². The SMILES string of the molecule is O=C(NCc1nc(-c2ccccc2)n[nH]1)c1cccc(CC2CCNC2)c1. The van der Waals surface area contributed by atoms with Crippen LogP contribution in [-0.2, 0) is 13.0 Å². The minimum Gasteiger partial charge on any atom is -0.345 e. The minimum absolute atomic E-state index is 0.0981. The molecule has 1 atom stereocenters. The van der Waals surface area contributed by atoms with E-state index in [4.69, 9.17) is 0 Å². The normalized spacial score (nSPS) is 16.4. The molecule has 1 aliphatic rings. The zero-order valence-electron chi connectivity index (χ0n) is 15.1. The first-order chi connectivity index (χ1) is 13.3. The number of carbonyl (C=O) groups excluding carboxylic acids is 1. The van der Waals surface area contributed by atoms with E-state index in [1.807, 2.05) is 48.5 Å². The van der Waals surface area contributed by atoms with E-state index in [0.29, 0.717) is 29.7 Å². The lowest BCUT2D eigenvalue weighted by Crippen LogP contribution is -2.23. The fraction of sp³-hybridized carbons (Fsp3) is 0.286. The van der Waals surface area contributed by atoms with Gasteiger partial charge in [0, 0.05) is 11.1 Å². The summed E-state index contributed by atoms with van der Waals surface area (Å²) in [6.07, 6.45) is 2.21. The summed E-state index contributed by atoms with van der Waals surface area (Å²) in [5, 5.41) is 13.4. The predicted molar refractivity (Wildman–Crippen MR) is 104 cm³/mol. The molecule has 6 heteroatoms. The summed E-state index contributed by atoms with van der Waals surface area (Å²) in [6, 6.07) is 17.6. The molecular weight excluding hydrogens is 338 g/mol. The first kappa shape index (κ1) is 17.4. The lowest BCUT2D eigenvalue weighted by atomic mass is 9.97. The number of aromatic nitrogens is 3. The maximum absolute atomic E-state index is 12.5. The molecule has 1 unspecified atom stereocenters. The average molecular weight is 361 g/mol. The van der Waals surface area contributed by atoms with Crippen molar-refractivity contribution in [2.75, 3.05) is 13.1 Å². The average Bonchev–Trinajstić information content (AvgIpc) is 3.39. The zero-order chi connectivity index (χ0) is 18.5. The third-order valence-electron chi connectivity index (χ3n) is 4.86. The number of rotatable bonds is 6. The number of benzene rings is 2. The summed E-state index contributed by atoms with van der Waals surface area (Å²) < 4.78 is 0. The summed E-state index contributed by atoms with van der Waals surface area (Å²) in [5.74, 6) is 1.83. The lowest BCUT2D eigenvalue weighted by molar-refractivity contribution is 0.0950. The Hall–Kier alpha value is -2.99. The maximum atomic E-state index is 12.5. The van der Waals surface area contributed by atoms with E-state index >= 15 is 0 Å². The highest BCUT2D eigenvalue weighted by Gasteiger charge is 2.16. The molecular formula is C21H23N5O. The lowest BCUT2D eigenvalue weighted by Gasteiger charge is -2.10. The molecule has 0 bridgehead atoms. The number of amides is 1. The van der Waals surface area contributed by atoms with Crippen LogP contribution in [0.15, 0.2) is 54.6 Å². The van der Waals surface area contributed by atoms with Crippen LogP contribution in [0.5, 0.6) is 0 Å². The Kier molecular flexibility index (Phi) is 5.25. The minimum atomic E-state index is -0.0981. The fourth-order valence-corrected chi connectivity index (χ4v) is 3.42. The molecule has 4 rings (SSSR count). The van der Waals surface area contributed by atoms with Crippen LogP contribution in [0.2, 0.25) is 0 Å². The third kappa shape index (κ3) is 4.41. The molecule has 27 heavy (non-hydrogen) atoms. The van der Waals surface area contributed by atoms with Gasteiger partial charge in [0.1, 0.15) is 5.82 Å². The van der Waals surface area contributed by atoms with Gasteiger partial charge in [-0.25, -0.2) is 4.98 Å². The van der Waals surface area contributed by atoms with Gasteiger partial charge < -0.3 is 10.6 Å². The number of hydrogen-bond acceptors (Lipinski definition) is 4. The quantitative estimate of drug-likeness (QED) is 0.630. The molecule has 0 aliphatic carbocycles. The van der Waals surface area contributed by atoms with Crippen LogP contribution in [0.25, 0.3) is 11.4 Å². The van der Waals surface area contributed by atoms with Gasteiger partial charge in [0.15, 0.2) is 5.82 Å². The fourth-order valence-electron chi connectivity index (χ4n) is 3.42. The molecule has 0 radical (unpaired) electrons. The Morgan fingerprint density at radius 3 is 2.85 bits per heavy atom. The molecule has 2 aromatic carbocycles. The van der Waals surface area contributed by atoms with Gasteiger partial charge in [-0.15, -0.1) is 0 Å². The predicted octanol–water partition coefficient (Wildman–Crippen LogP) is 2.55. The highest BCUT2D eigenvalue weighted by molar-refractivity contribution is 5.94. The van der Waals surface area contributed by atoms with E-state index in [-0.39, 0.29) is 5.91 Å². The topological polar surface area (TPSA) is 82.7 Å². The van der Waals surface area contributed by atoms with Gasteiger partial charge in [-0.05, 0) is 49.5 Å². The van der Waals surface area contributed by atoms with Gasteiger partial charge in [-0.2, -0.15) is 5.10 Å². The number of carbonyl (C=O) groups is 1. The first-order valence-corrected chi connectivity index (χ1v) is 9.32. The number of nitrogens with one attached hydrogen (secondary N) is 3. The second kappa shape index (κ2) is 8.14. The highest BCUT2D eigenvalue weighted by atomic mass is 16.1. The third-order valence-corrected chi connectivity index (χ3v) is 4.86. The van der Waals surface area contributed by atoms with Crippen molar-refractivity contribution in [3.63, 3.8) is 0 Å². The summed E-state index contributed by atoms with van der Waals surface area (Å²) in [7, 11) is 0. The van der Waals surface area contributed by atoms with E-state index in [1.165, 1.54) is 12.0 Å². The monoisotopic (exact) mass is 361 g/mol. The van der Waals surface area contributed by atoms with Crippen LogP contribution < -0.4 is 10.6 Å². The molecule has 1 aromatic heterocycles. The molecule has 3 N–H and O–H groups in total. The smallest absolute Gasteiger partial charge is 0.251 e. The van der Waals surface area contributed by atoms with Crippen LogP contribution in [-0.4, -0.2) is 34.2 Å². The summed E-state index contributed by atoms with van der Waals surface area (Å²) in [4.78, 5) is 16.9. The van der Waals surface area contributed by atoms with Crippen LogP contribution in [0, 0.1) is 5.92 Å². The van der Waals surface area contributed by atoms with Crippen molar-refractivity contribution in [2.24, 2.45) is 5.92 Å². The van der Waals surface area contributed by atoms with Crippen molar-refractivity contribution in [2.45, 2.75) is 19.4 Å². The zero-order valence-corrected chi connectivity index (χ0v) is 15.1. The van der Waals surface area contributed by atoms with E-state index < -0.39 is 0 Å². The van der Waals surface area contributed by atoms with E-state index in [9.17, 15) is 4.79 Å². The molecule has 1 amide bonds. The van der Waals surface area contributed by atoms with E-state index in [1.54, 1.807) is 0 Å². The summed E-state index contributed by atoms with van der Waals surface area (Å²) >= 11 is 0. The van der Waals surface area contributed by atoms with Gasteiger partial charge in [0.05, 0.1) is 6.54 Å². The summed E-state index contributed by atoms with van der Waals surface area (Å²) in [6.45, 7) is 2.47. The molecule has 138 valence electrons. The van der Waals surface area contributed by atoms with Gasteiger partial charge in [0.2, 0.25) is 0 Å². The standard InChI is InChI=1S/C21H23N5O/c27-21(18-8-4-5-15(12-18)11-16-9-10-22-13-16)23-14-19-24-20(26-25-19)17-6-2-1-3-7-17/h1-8,12,16,22H,9-11,13-14H2,(H,23,27)(H,24,25,26). The van der Waals surface area contributed by atoms with Gasteiger partial charge >= 0.3 is 0 Å². The molecule has 0 saturated carbocycles. The van der Waals surface area contributed by atoms with Crippen molar-refractivity contribution in [1.82, 2.24) is 25.8 Å². The number of hydrogen-bond donors (Lipinski definition) is 3. The largest absolute Gasteiger partial charge is 0.345 e. The number of aromatic amines is 1. The van der Waals surface area contributed by atoms with Crippen molar-refractivity contribution < 1.29 is 4.79 Å². The molecule has 0 spiro atoms. The molecule has 2 heterocycles. The second-order valence-corrected chi connectivity index (χ2v) is 6.92. The van der Waals surface area contributed by atoms with Crippen LogP contribution >= 0.6 is 0 Å². The maximum Gasteiger partial charge on any atom is 0.251 e. The van der Waals surface area contributed by atoms with E-state index in [2.05, 4.69) is 31.9 Å². The number of H-pyrrole nitrogens is 1. The van der Waals surface area contributed by atoms with Crippen LogP contribution in [0.1, 0.15) is 28.2 Å². The molecule has 6 nitrogen and oxygen atoms in total. The van der Waals surface area contributed by atoms with Crippen molar-refractivity contribution in [3.05, 3.63) is 71.5 Å². The highest BCUT2D eigenvalue weighted by Crippen LogP contribution is 2.16. The number of nitrogens with zero attached hydrogens (tertiary/aromatic N) is 2. The van der Waals surface area contributed by atoms with E-state index in [0.717, 1.165) is 25.1 Å². The van der Waals surface area contributed by atoms with Gasteiger partial charge in [-0.3, -0.25) is 9.89 Å². The van der Waals surface area contributed by atoms with Crippen LogP contribution in [0.4, 0.5) is 0 Å². The molecule has 1 fully saturated rings.